The standard InChI is InChI=1S/C84H145NO18/c1-3-5-7-9-11-13-15-17-19-21-23-25-27-29-30-31-32-33-34-35-36-38-40-42-44-46-48-50-52-54-56-58-60-62-72(90)85-67(68(89)61-59-57-55-53-51-49-47-45-43-41-39-37-28-26-24-22-20-18-16-14-12-10-8-6-4-2)66-98-82-78(96)75(93)80(70(64-87)100-82)103-84-79(97)76(94)81(71(65-88)101-84)102-83-77(95)74(92)73(91)69(63-86)99-83/h5,7,11,13,17,19,23,25,29-30,32-33,35-36,51,53,59,61,67-71,73-84,86-89,91-97H,3-4,6,8-10,12,14-16,18,20-22,24,26-28,31,34,37-50,52,54-58,60,62-66H2,1-2H3,(H,85,90)/b7-5-,13-11-,19-17-,25-23-,30-29-,33-32-,36-35-,53-51+,61-59+. The molecule has 17 atom stereocenters. The van der Waals surface area contributed by atoms with Crippen LogP contribution < -0.4 is 5.32 Å². The van der Waals surface area contributed by atoms with Crippen LogP contribution in [-0.4, -0.2) is 193 Å². The van der Waals surface area contributed by atoms with Crippen LogP contribution in [-0.2, 0) is 33.2 Å². The Balaban J connectivity index is 1.39. The van der Waals surface area contributed by atoms with E-state index in [2.05, 4.69) is 116 Å². The summed E-state index contributed by atoms with van der Waals surface area (Å²) in [7, 11) is 0. The van der Waals surface area contributed by atoms with E-state index in [-0.39, 0.29) is 18.9 Å². The monoisotopic (exact) mass is 1460 g/mol. The fraction of sp³-hybridized carbons (Fsp3) is 0.774. The number of allylic oxidation sites excluding steroid dienone is 17. The predicted molar refractivity (Wildman–Crippen MR) is 410 cm³/mol. The minimum Gasteiger partial charge on any atom is -0.394 e. The van der Waals surface area contributed by atoms with Crippen LogP contribution in [0, 0.1) is 0 Å². The Bertz CT molecular complexity index is 2290. The molecule has 1 amide bonds. The average Bonchev–Trinajstić information content (AvgIpc) is 0.781. The maximum Gasteiger partial charge on any atom is 0.220 e. The molecule has 3 fully saturated rings. The molecule has 0 aromatic heterocycles. The Morgan fingerprint density at radius 3 is 1.09 bits per heavy atom. The highest BCUT2D eigenvalue weighted by molar-refractivity contribution is 5.76. The lowest BCUT2D eigenvalue weighted by atomic mass is 9.96. The van der Waals surface area contributed by atoms with Crippen LogP contribution in [0.4, 0.5) is 0 Å². The van der Waals surface area contributed by atoms with Crippen molar-refractivity contribution in [2.45, 2.75) is 388 Å². The van der Waals surface area contributed by atoms with E-state index in [9.17, 15) is 61.0 Å². The summed E-state index contributed by atoms with van der Waals surface area (Å²) < 4.78 is 34.4. The van der Waals surface area contributed by atoms with Gasteiger partial charge in [0.15, 0.2) is 18.9 Å². The summed E-state index contributed by atoms with van der Waals surface area (Å²) in [5.74, 6) is -0.291. The highest BCUT2D eigenvalue weighted by Crippen LogP contribution is 2.33. The molecule has 19 nitrogen and oxygen atoms in total. The van der Waals surface area contributed by atoms with Crippen LogP contribution in [0.2, 0.25) is 0 Å². The van der Waals surface area contributed by atoms with Crippen molar-refractivity contribution in [3.63, 3.8) is 0 Å². The number of nitrogens with one attached hydrogen (secondary N) is 1. The van der Waals surface area contributed by atoms with Gasteiger partial charge in [0.25, 0.3) is 0 Å². The van der Waals surface area contributed by atoms with E-state index in [4.69, 9.17) is 28.4 Å². The minimum atomic E-state index is -1.99. The molecule has 0 aromatic rings. The van der Waals surface area contributed by atoms with Gasteiger partial charge < -0.3 is 89.9 Å². The van der Waals surface area contributed by atoms with E-state index in [1.165, 1.54) is 154 Å². The number of carbonyl (C=O) groups excluding carboxylic acids is 1. The number of carbonyl (C=O) groups is 1. The van der Waals surface area contributed by atoms with Crippen molar-refractivity contribution in [2.24, 2.45) is 0 Å². The summed E-state index contributed by atoms with van der Waals surface area (Å²) in [6.45, 7) is 1.62. The molecule has 0 radical (unpaired) electrons. The molecule has 3 aliphatic heterocycles. The van der Waals surface area contributed by atoms with E-state index >= 15 is 0 Å². The van der Waals surface area contributed by atoms with Crippen LogP contribution in [0.25, 0.3) is 0 Å². The van der Waals surface area contributed by atoms with Crippen LogP contribution in [0.15, 0.2) is 109 Å². The molecule has 3 aliphatic rings. The summed E-state index contributed by atoms with van der Waals surface area (Å²) in [6, 6.07) is -1.00. The summed E-state index contributed by atoms with van der Waals surface area (Å²) in [6.07, 6.45) is 60.7. The maximum absolute atomic E-state index is 13.5. The van der Waals surface area contributed by atoms with Gasteiger partial charge in [0.05, 0.1) is 38.6 Å². The van der Waals surface area contributed by atoms with Gasteiger partial charge in [0.2, 0.25) is 5.91 Å². The summed E-state index contributed by atoms with van der Waals surface area (Å²) in [5, 5.41) is 121. The van der Waals surface area contributed by atoms with Crippen molar-refractivity contribution >= 4 is 5.91 Å². The second-order valence-electron chi connectivity index (χ2n) is 28.5. The van der Waals surface area contributed by atoms with Crippen LogP contribution in [0.5, 0.6) is 0 Å². The fourth-order valence-electron chi connectivity index (χ4n) is 13.1. The molecular formula is C84H145NO18. The van der Waals surface area contributed by atoms with E-state index in [0.717, 1.165) is 96.3 Å². The molecular weight excluding hydrogens is 1310 g/mol. The van der Waals surface area contributed by atoms with E-state index in [1.54, 1.807) is 6.08 Å². The van der Waals surface area contributed by atoms with Crippen molar-refractivity contribution in [1.29, 1.82) is 0 Å². The number of hydrogen-bond acceptors (Lipinski definition) is 18. The first kappa shape index (κ1) is 93.7. The Morgan fingerprint density at radius 2 is 0.680 bits per heavy atom. The third kappa shape index (κ3) is 43.3. The van der Waals surface area contributed by atoms with Crippen molar-refractivity contribution < 1.29 is 89.4 Å². The lowest BCUT2D eigenvalue weighted by Gasteiger charge is -2.48. The number of unbranched alkanes of at least 4 members (excludes halogenated alkanes) is 31. The number of hydrogen-bond donors (Lipinski definition) is 12. The molecule has 103 heavy (non-hydrogen) atoms. The van der Waals surface area contributed by atoms with Gasteiger partial charge in [-0.1, -0.05) is 297 Å². The number of ether oxygens (including phenoxy) is 6. The molecule has 3 saturated heterocycles. The zero-order valence-electron chi connectivity index (χ0n) is 63.5. The molecule has 0 aliphatic carbocycles. The second-order valence-corrected chi connectivity index (χ2v) is 28.5. The Kier molecular flexibility index (Phi) is 57.6. The first-order valence-electron chi connectivity index (χ1n) is 40.6. The molecule has 0 saturated carbocycles. The molecule has 3 heterocycles. The van der Waals surface area contributed by atoms with E-state index < -0.39 is 124 Å². The van der Waals surface area contributed by atoms with Gasteiger partial charge in [-0.25, -0.2) is 0 Å². The summed E-state index contributed by atoms with van der Waals surface area (Å²) in [5.41, 5.74) is 0. The second kappa shape index (κ2) is 63.4. The van der Waals surface area contributed by atoms with Crippen molar-refractivity contribution in [3.8, 4) is 0 Å². The van der Waals surface area contributed by atoms with Gasteiger partial charge in [0.1, 0.15) is 73.2 Å². The number of aliphatic hydroxyl groups excluding tert-OH is 11. The van der Waals surface area contributed by atoms with Gasteiger partial charge in [0, 0.05) is 6.42 Å². The van der Waals surface area contributed by atoms with Gasteiger partial charge in [-0.3, -0.25) is 4.79 Å². The normalized spacial score (nSPS) is 26.6. The van der Waals surface area contributed by atoms with Crippen LogP contribution in [0.1, 0.15) is 284 Å². The van der Waals surface area contributed by atoms with E-state index in [0.29, 0.717) is 12.8 Å². The molecule has 3 rings (SSSR count). The predicted octanol–water partition coefficient (Wildman–Crippen LogP) is 13.7. The zero-order chi connectivity index (χ0) is 74.6. The molecule has 0 aromatic carbocycles. The summed E-state index contributed by atoms with van der Waals surface area (Å²) in [4.78, 5) is 13.5. The van der Waals surface area contributed by atoms with Gasteiger partial charge >= 0.3 is 0 Å². The Hall–Kier alpha value is -3.55. The molecule has 17 unspecified atom stereocenters. The minimum absolute atomic E-state index is 0.226. The maximum atomic E-state index is 13.5. The SMILES string of the molecule is CC/C=C\C/C=C\C/C=C\C/C=C\C/C=C\C/C=C\C/C=C\CCCCCCCCCCCCCC(=O)NC(COC1OC(CO)C(OC2OC(CO)C(OC3OC(CO)C(O)C(O)C3O)C(O)C2O)C(O)C1O)C(O)/C=C/CC/C=C/CCCCCCCCCCCCCCCCCCCCC. The fourth-order valence-corrected chi connectivity index (χ4v) is 13.1. The van der Waals surface area contributed by atoms with Crippen molar-refractivity contribution in [2.75, 3.05) is 26.4 Å². The number of rotatable bonds is 63. The first-order valence-corrected chi connectivity index (χ1v) is 40.6. The highest BCUT2D eigenvalue weighted by Gasteiger charge is 2.54. The van der Waals surface area contributed by atoms with Gasteiger partial charge in [-0.15, -0.1) is 0 Å². The van der Waals surface area contributed by atoms with Gasteiger partial charge in [-0.05, 0) is 89.9 Å². The topological polar surface area (TPSA) is 307 Å². The quantitative estimate of drug-likeness (QED) is 0.0199. The largest absolute Gasteiger partial charge is 0.394 e. The highest BCUT2D eigenvalue weighted by atomic mass is 16.8. The third-order valence-corrected chi connectivity index (χ3v) is 19.6. The number of amides is 1. The van der Waals surface area contributed by atoms with Crippen LogP contribution >= 0.6 is 0 Å². The lowest BCUT2D eigenvalue weighted by molar-refractivity contribution is -0.379. The van der Waals surface area contributed by atoms with E-state index in [1.807, 2.05) is 6.08 Å². The average molecular weight is 1460 g/mol. The summed E-state index contributed by atoms with van der Waals surface area (Å²) >= 11 is 0. The Morgan fingerprint density at radius 1 is 0.359 bits per heavy atom. The molecule has 19 heteroatoms. The molecule has 594 valence electrons. The third-order valence-electron chi connectivity index (χ3n) is 19.6. The van der Waals surface area contributed by atoms with Crippen LogP contribution in [0.3, 0.4) is 0 Å². The lowest BCUT2D eigenvalue weighted by Crippen LogP contribution is -2.66. The molecule has 0 spiro atoms. The number of aliphatic hydroxyl groups is 11. The van der Waals surface area contributed by atoms with Gasteiger partial charge in [-0.2, -0.15) is 0 Å². The van der Waals surface area contributed by atoms with Crippen molar-refractivity contribution in [1.82, 2.24) is 5.32 Å². The van der Waals surface area contributed by atoms with Crippen molar-refractivity contribution in [3.05, 3.63) is 109 Å². The first-order chi connectivity index (χ1) is 50.3. The zero-order valence-corrected chi connectivity index (χ0v) is 63.5. The smallest absolute Gasteiger partial charge is 0.220 e. The molecule has 0 bridgehead atoms. The molecule has 12 N–H and O–H groups in total. The Labute approximate surface area is 621 Å².